The first-order valence-electron chi connectivity index (χ1n) is 7.90. The van der Waals surface area contributed by atoms with Gasteiger partial charge in [-0.25, -0.2) is 4.79 Å². The molecular formula is C19H24N2O3. The number of carbonyl (C=O) groups excluding carboxylic acids is 1. The fraction of sp³-hybridized carbons (Fsp3) is 0.316. The summed E-state index contributed by atoms with van der Waals surface area (Å²) in [5.41, 5.74) is 2.20. The number of hydrogen-bond donors (Lipinski definition) is 1. The molecule has 5 nitrogen and oxygen atoms in total. The van der Waals surface area contributed by atoms with Crippen LogP contribution in [0.25, 0.3) is 0 Å². The van der Waals surface area contributed by atoms with Gasteiger partial charge in [0.25, 0.3) is 0 Å². The fourth-order valence-electron chi connectivity index (χ4n) is 2.28. The zero-order valence-corrected chi connectivity index (χ0v) is 14.4. The third kappa shape index (κ3) is 5.19. The number of methoxy groups -OCH3 is 1. The quantitative estimate of drug-likeness (QED) is 0.794. The molecule has 0 saturated carbocycles. The number of amides is 2. The van der Waals surface area contributed by atoms with Crippen LogP contribution >= 0.6 is 0 Å². The van der Waals surface area contributed by atoms with E-state index in [4.69, 9.17) is 9.47 Å². The predicted molar refractivity (Wildman–Crippen MR) is 94.5 cm³/mol. The van der Waals surface area contributed by atoms with E-state index in [1.54, 1.807) is 19.1 Å². The van der Waals surface area contributed by atoms with Crippen molar-refractivity contribution in [3.63, 3.8) is 0 Å². The van der Waals surface area contributed by atoms with Crippen molar-refractivity contribution >= 4 is 6.03 Å². The van der Waals surface area contributed by atoms with Crippen molar-refractivity contribution in [3.05, 3.63) is 59.7 Å². The number of nitrogens with one attached hydrogen (secondary N) is 1. The predicted octanol–water partition coefficient (Wildman–Crippen LogP) is 3.22. The fourth-order valence-corrected chi connectivity index (χ4v) is 2.28. The maximum Gasteiger partial charge on any atom is 0.317 e. The van der Waals surface area contributed by atoms with Crippen molar-refractivity contribution in [1.82, 2.24) is 10.2 Å². The van der Waals surface area contributed by atoms with Gasteiger partial charge in [-0.05, 0) is 30.2 Å². The Morgan fingerprint density at radius 1 is 1.12 bits per heavy atom. The van der Waals surface area contributed by atoms with E-state index in [0.717, 1.165) is 11.1 Å². The van der Waals surface area contributed by atoms with Crippen molar-refractivity contribution in [2.45, 2.75) is 13.5 Å². The Morgan fingerprint density at radius 3 is 2.58 bits per heavy atom. The van der Waals surface area contributed by atoms with Crippen molar-refractivity contribution in [3.8, 4) is 11.5 Å². The number of hydrogen-bond acceptors (Lipinski definition) is 3. The van der Waals surface area contributed by atoms with Gasteiger partial charge in [0.2, 0.25) is 0 Å². The van der Waals surface area contributed by atoms with E-state index in [9.17, 15) is 4.79 Å². The lowest BCUT2D eigenvalue weighted by atomic mass is 10.2. The summed E-state index contributed by atoms with van der Waals surface area (Å²) >= 11 is 0. The van der Waals surface area contributed by atoms with Crippen LogP contribution in [0, 0.1) is 6.92 Å². The summed E-state index contributed by atoms with van der Waals surface area (Å²) in [6.07, 6.45) is 0. The van der Waals surface area contributed by atoms with E-state index in [1.165, 1.54) is 0 Å². The van der Waals surface area contributed by atoms with Gasteiger partial charge in [-0.2, -0.15) is 0 Å². The number of urea groups is 1. The first-order chi connectivity index (χ1) is 11.6. The highest BCUT2D eigenvalue weighted by Gasteiger charge is 2.09. The molecule has 0 unspecified atom stereocenters. The Hall–Kier alpha value is -2.69. The zero-order chi connectivity index (χ0) is 17.4. The molecule has 0 aliphatic carbocycles. The van der Waals surface area contributed by atoms with Gasteiger partial charge in [-0.1, -0.05) is 36.4 Å². The number of carbonyl (C=O) groups is 1. The average Bonchev–Trinajstić information content (AvgIpc) is 2.60. The van der Waals surface area contributed by atoms with Crippen LogP contribution in [0.4, 0.5) is 4.79 Å². The lowest BCUT2D eigenvalue weighted by Crippen LogP contribution is -2.38. The molecule has 0 aliphatic heterocycles. The molecule has 24 heavy (non-hydrogen) atoms. The lowest BCUT2D eigenvalue weighted by Gasteiger charge is -2.18. The molecule has 0 bridgehead atoms. The standard InChI is InChI=1S/C19H24N2O3/c1-15-9-10-17(18(13-15)23-3)24-12-11-20-19(22)21(2)14-16-7-5-4-6-8-16/h4-10,13H,11-12,14H2,1-3H3,(H,20,22). The average molecular weight is 328 g/mol. The normalized spacial score (nSPS) is 10.1. The summed E-state index contributed by atoms with van der Waals surface area (Å²) < 4.78 is 11.0. The summed E-state index contributed by atoms with van der Waals surface area (Å²) in [6, 6.07) is 15.5. The number of aryl methyl sites for hydroxylation is 1. The minimum Gasteiger partial charge on any atom is -0.493 e. The molecule has 0 spiro atoms. The number of nitrogens with zero attached hydrogens (tertiary/aromatic N) is 1. The van der Waals surface area contributed by atoms with Gasteiger partial charge < -0.3 is 19.7 Å². The molecule has 0 atom stereocenters. The van der Waals surface area contributed by atoms with Crippen LogP contribution in [-0.2, 0) is 6.54 Å². The summed E-state index contributed by atoms with van der Waals surface area (Å²) in [6.45, 7) is 3.37. The summed E-state index contributed by atoms with van der Waals surface area (Å²) in [5.74, 6) is 1.37. The van der Waals surface area contributed by atoms with Crippen LogP contribution in [0.3, 0.4) is 0 Å². The van der Waals surface area contributed by atoms with Gasteiger partial charge in [0.15, 0.2) is 11.5 Å². The summed E-state index contributed by atoms with van der Waals surface area (Å²) in [5, 5.41) is 2.84. The van der Waals surface area contributed by atoms with E-state index in [1.807, 2.05) is 55.5 Å². The molecule has 0 aliphatic rings. The van der Waals surface area contributed by atoms with Crippen LogP contribution in [-0.4, -0.2) is 38.2 Å². The molecule has 2 rings (SSSR count). The Morgan fingerprint density at radius 2 is 1.88 bits per heavy atom. The molecule has 0 saturated heterocycles. The molecule has 5 heteroatoms. The number of benzene rings is 2. The van der Waals surface area contributed by atoms with E-state index >= 15 is 0 Å². The largest absolute Gasteiger partial charge is 0.493 e. The number of ether oxygens (including phenoxy) is 2. The third-order valence-electron chi connectivity index (χ3n) is 3.56. The Kier molecular flexibility index (Phi) is 6.49. The van der Waals surface area contributed by atoms with Crippen molar-refractivity contribution in [1.29, 1.82) is 0 Å². The van der Waals surface area contributed by atoms with E-state index < -0.39 is 0 Å². The molecule has 0 radical (unpaired) electrons. The molecule has 128 valence electrons. The molecule has 0 aromatic heterocycles. The zero-order valence-electron chi connectivity index (χ0n) is 14.4. The van der Waals surface area contributed by atoms with Gasteiger partial charge in [0.05, 0.1) is 13.7 Å². The topological polar surface area (TPSA) is 50.8 Å². The third-order valence-corrected chi connectivity index (χ3v) is 3.56. The second kappa shape index (κ2) is 8.82. The maximum atomic E-state index is 12.1. The Bertz CT molecular complexity index is 659. The lowest BCUT2D eigenvalue weighted by molar-refractivity contribution is 0.203. The second-order valence-corrected chi connectivity index (χ2v) is 5.58. The smallest absolute Gasteiger partial charge is 0.317 e. The van der Waals surface area contributed by atoms with Gasteiger partial charge in [0.1, 0.15) is 6.61 Å². The van der Waals surface area contributed by atoms with Gasteiger partial charge in [-0.15, -0.1) is 0 Å². The van der Waals surface area contributed by atoms with Gasteiger partial charge in [-0.3, -0.25) is 0 Å². The summed E-state index contributed by atoms with van der Waals surface area (Å²) in [7, 11) is 3.38. The van der Waals surface area contributed by atoms with E-state index in [0.29, 0.717) is 31.2 Å². The van der Waals surface area contributed by atoms with Gasteiger partial charge >= 0.3 is 6.03 Å². The summed E-state index contributed by atoms with van der Waals surface area (Å²) in [4.78, 5) is 13.7. The first kappa shape index (κ1) is 17.7. The Labute approximate surface area is 143 Å². The van der Waals surface area contributed by atoms with Crippen molar-refractivity contribution in [2.24, 2.45) is 0 Å². The highest BCUT2D eigenvalue weighted by Crippen LogP contribution is 2.27. The SMILES string of the molecule is COc1cc(C)ccc1OCCNC(=O)N(C)Cc1ccccc1. The molecule has 2 amide bonds. The van der Waals surface area contributed by atoms with Crippen LogP contribution in [0.1, 0.15) is 11.1 Å². The van der Waals surface area contributed by atoms with Crippen LogP contribution < -0.4 is 14.8 Å². The first-order valence-corrected chi connectivity index (χ1v) is 7.90. The highest BCUT2D eigenvalue weighted by atomic mass is 16.5. The molecule has 0 heterocycles. The number of rotatable bonds is 7. The Balaban J connectivity index is 1.74. The molecule has 2 aromatic carbocycles. The monoisotopic (exact) mass is 328 g/mol. The van der Waals surface area contributed by atoms with E-state index in [-0.39, 0.29) is 6.03 Å². The van der Waals surface area contributed by atoms with Gasteiger partial charge in [0, 0.05) is 13.6 Å². The highest BCUT2D eigenvalue weighted by molar-refractivity contribution is 5.73. The minimum atomic E-state index is -0.127. The molecule has 1 N–H and O–H groups in total. The van der Waals surface area contributed by atoms with Crippen LogP contribution in [0.15, 0.2) is 48.5 Å². The minimum absolute atomic E-state index is 0.127. The molecular weight excluding hydrogens is 304 g/mol. The molecule has 2 aromatic rings. The molecule has 0 fully saturated rings. The maximum absolute atomic E-state index is 12.1. The van der Waals surface area contributed by atoms with Crippen molar-refractivity contribution < 1.29 is 14.3 Å². The van der Waals surface area contributed by atoms with Crippen molar-refractivity contribution in [2.75, 3.05) is 27.3 Å². The van der Waals surface area contributed by atoms with Crippen LogP contribution in [0.5, 0.6) is 11.5 Å². The van der Waals surface area contributed by atoms with Crippen LogP contribution in [0.2, 0.25) is 0 Å². The second-order valence-electron chi connectivity index (χ2n) is 5.58. The van der Waals surface area contributed by atoms with E-state index in [2.05, 4.69) is 5.32 Å².